The van der Waals surface area contributed by atoms with E-state index in [4.69, 9.17) is 0 Å². The zero-order chi connectivity index (χ0) is 14.2. The number of fused-ring (bicyclic) bond motifs is 1. The van der Waals surface area contributed by atoms with Crippen LogP contribution < -0.4 is 0 Å². The van der Waals surface area contributed by atoms with Crippen molar-refractivity contribution in [1.29, 1.82) is 0 Å². The maximum absolute atomic E-state index is 12.3. The zero-order valence-corrected chi connectivity index (χ0v) is 12.3. The number of likely N-dealkylation sites (tertiary alicyclic amines) is 1. The Labute approximate surface area is 120 Å². The average molecular weight is 270 g/mol. The molecule has 1 aliphatic heterocycles. The molecule has 1 saturated heterocycles. The van der Waals surface area contributed by atoms with Gasteiger partial charge in [-0.15, -0.1) is 0 Å². The van der Waals surface area contributed by atoms with Crippen molar-refractivity contribution in [2.45, 2.75) is 33.1 Å². The summed E-state index contributed by atoms with van der Waals surface area (Å²) in [6.45, 7) is 6.29. The van der Waals surface area contributed by atoms with Gasteiger partial charge in [-0.1, -0.05) is 32.0 Å². The van der Waals surface area contributed by atoms with Crippen LogP contribution in [0.1, 0.15) is 32.3 Å². The van der Waals surface area contributed by atoms with E-state index < -0.39 is 0 Å². The summed E-state index contributed by atoms with van der Waals surface area (Å²) in [5.41, 5.74) is 2.68. The number of benzene rings is 1. The first kappa shape index (κ1) is 13.2. The normalized spacial score (nSPS) is 17.8. The molecule has 0 spiro atoms. The molecule has 106 valence electrons. The van der Waals surface area contributed by atoms with Crippen molar-refractivity contribution >= 4 is 16.8 Å². The Balaban J connectivity index is 1.64. The van der Waals surface area contributed by atoms with Gasteiger partial charge in [0.25, 0.3) is 0 Å². The van der Waals surface area contributed by atoms with E-state index in [2.05, 4.69) is 31.0 Å². The Bertz CT molecular complexity index is 627. The molecule has 3 heteroatoms. The highest BCUT2D eigenvalue weighted by Gasteiger charge is 2.31. The fourth-order valence-electron chi connectivity index (χ4n) is 3.06. The lowest BCUT2D eigenvalue weighted by Gasteiger charge is -2.19. The Hall–Kier alpha value is -1.77. The lowest BCUT2D eigenvalue weighted by Crippen LogP contribution is -2.30. The molecule has 1 aromatic carbocycles. The van der Waals surface area contributed by atoms with Crippen LogP contribution in [0.4, 0.5) is 0 Å². The van der Waals surface area contributed by atoms with E-state index in [-0.39, 0.29) is 5.41 Å². The summed E-state index contributed by atoms with van der Waals surface area (Å²) in [4.78, 5) is 17.6. The molecule has 3 rings (SSSR count). The van der Waals surface area contributed by atoms with Crippen molar-refractivity contribution in [2.24, 2.45) is 5.41 Å². The number of aromatic amines is 1. The highest BCUT2D eigenvalue weighted by Crippen LogP contribution is 2.29. The van der Waals surface area contributed by atoms with Gasteiger partial charge in [-0.05, 0) is 29.9 Å². The highest BCUT2D eigenvalue weighted by atomic mass is 16.2. The molecule has 3 nitrogen and oxygen atoms in total. The van der Waals surface area contributed by atoms with Gasteiger partial charge in [-0.2, -0.15) is 0 Å². The number of aromatic nitrogens is 1. The number of carbonyl (C=O) groups excluding carboxylic acids is 1. The number of para-hydroxylation sites is 1. The van der Waals surface area contributed by atoms with Gasteiger partial charge in [0.2, 0.25) is 5.91 Å². The third kappa shape index (κ3) is 2.58. The predicted octanol–water partition coefficient (Wildman–Crippen LogP) is 3.36. The third-order valence-corrected chi connectivity index (χ3v) is 4.31. The number of hydrogen-bond donors (Lipinski definition) is 1. The molecule has 1 amide bonds. The van der Waals surface area contributed by atoms with Gasteiger partial charge in [0.15, 0.2) is 0 Å². The first-order valence-electron chi connectivity index (χ1n) is 7.38. The summed E-state index contributed by atoms with van der Waals surface area (Å²) in [7, 11) is 0. The van der Waals surface area contributed by atoms with Crippen molar-refractivity contribution in [3.05, 3.63) is 36.0 Å². The number of aryl methyl sites for hydroxylation is 1. The van der Waals surface area contributed by atoms with Gasteiger partial charge in [0.1, 0.15) is 0 Å². The molecule has 1 aliphatic rings. The van der Waals surface area contributed by atoms with Crippen LogP contribution in [0.2, 0.25) is 0 Å². The van der Waals surface area contributed by atoms with Gasteiger partial charge in [0.05, 0.1) is 0 Å². The fraction of sp³-hybridized carbons (Fsp3) is 0.471. The number of nitrogens with one attached hydrogen (secondary N) is 1. The van der Waals surface area contributed by atoms with Crippen LogP contribution in [-0.4, -0.2) is 28.9 Å². The molecule has 0 atom stereocenters. The third-order valence-electron chi connectivity index (χ3n) is 4.31. The first-order valence-corrected chi connectivity index (χ1v) is 7.38. The minimum absolute atomic E-state index is 0.288. The van der Waals surface area contributed by atoms with Gasteiger partial charge >= 0.3 is 0 Å². The lowest BCUT2D eigenvalue weighted by molar-refractivity contribution is -0.130. The van der Waals surface area contributed by atoms with E-state index in [0.29, 0.717) is 12.3 Å². The van der Waals surface area contributed by atoms with Gasteiger partial charge in [-0.25, -0.2) is 0 Å². The van der Waals surface area contributed by atoms with Gasteiger partial charge in [-0.3, -0.25) is 4.79 Å². The van der Waals surface area contributed by atoms with E-state index in [0.717, 1.165) is 31.4 Å². The summed E-state index contributed by atoms with van der Waals surface area (Å²) in [5, 5.41) is 1.24. The second kappa shape index (κ2) is 4.97. The van der Waals surface area contributed by atoms with E-state index in [1.54, 1.807) is 0 Å². The maximum Gasteiger partial charge on any atom is 0.222 e. The number of rotatable bonds is 3. The molecule has 0 radical (unpaired) electrons. The van der Waals surface area contributed by atoms with Gasteiger partial charge in [0, 0.05) is 36.6 Å². The number of H-pyrrole nitrogens is 1. The second-order valence-corrected chi connectivity index (χ2v) is 6.59. The minimum atomic E-state index is 0.288. The molecule has 2 heterocycles. The van der Waals surface area contributed by atoms with Gasteiger partial charge < -0.3 is 9.88 Å². The van der Waals surface area contributed by atoms with Crippen LogP contribution in [0, 0.1) is 5.41 Å². The molecule has 20 heavy (non-hydrogen) atoms. The smallest absolute Gasteiger partial charge is 0.222 e. The SMILES string of the molecule is CC1(C)CCN(C(=O)CCc2c[nH]c3ccccc23)C1. The monoisotopic (exact) mass is 270 g/mol. The Kier molecular flexibility index (Phi) is 3.28. The molecule has 1 fully saturated rings. The molecular formula is C17H22N2O. The number of nitrogens with zero attached hydrogens (tertiary/aromatic N) is 1. The van der Waals surface area contributed by atoms with E-state index in [1.807, 2.05) is 23.2 Å². The molecule has 0 aliphatic carbocycles. The molecule has 0 bridgehead atoms. The van der Waals surface area contributed by atoms with Crippen LogP contribution in [0.25, 0.3) is 10.9 Å². The zero-order valence-electron chi connectivity index (χ0n) is 12.3. The predicted molar refractivity (Wildman–Crippen MR) is 81.6 cm³/mol. The summed E-state index contributed by atoms with van der Waals surface area (Å²) in [5.74, 6) is 0.292. The lowest BCUT2D eigenvalue weighted by atomic mass is 9.93. The van der Waals surface area contributed by atoms with Crippen molar-refractivity contribution in [2.75, 3.05) is 13.1 Å². The van der Waals surface area contributed by atoms with Crippen LogP contribution >= 0.6 is 0 Å². The summed E-state index contributed by atoms with van der Waals surface area (Å²) < 4.78 is 0. The van der Waals surface area contributed by atoms with E-state index in [9.17, 15) is 4.79 Å². The minimum Gasteiger partial charge on any atom is -0.361 e. The Morgan fingerprint density at radius 3 is 2.90 bits per heavy atom. The summed E-state index contributed by atoms with van der Waals surface area (Å²) >= 11 is 0. The first-order chi connectivity index (χ1) is 9.55. The Morgan fingerprint density at radius 1 is 1.35 bits per heavy atom. The number of carbonyl (C=O) groups is 1. The summed E-state index contributed by atoms with van der Waals surface area (Å²) in [6, 6.07) is 8.26. The molecule has 1 N–H and O–H groups in total. The molecule has 2 aromatic rings. The van der Waals surface area contributed by atoms with Crippen LogP contribution in [0.5, 0.6) is 0 Å². The van der Waals surface area contributed by atoms with E-state index in [1.165, 1.54) is 10.9 Å². The van der Waals surface area contributed by atoms with Crippen molar-refractivity contribution in [3.63, 3.8) is 0 Å². The number of amides is 1. The number of hydrogen-bond acceptors (Lipinski definition) is 1. The maximum atomic E-state index is 12.3. The quantitative estimate of drug-likeness (QED) is 0.912. The van der Waals surface area contributed by atoms with Crippen LogP contribution in [-0.2, 0) is 11.2 Å². The highest BCUT2D eigenvalue weighted by molar-refractivity contribution is 5.84. The van der Waals surface area contributed by atoms with Crippen molar-refractivity contribution in [3.8, 4) is 0 Å². The molecule has 0 unspecified atom stereocenters. The molecular weight excluding hydrogens is 248 g/mol. The summed E-state index contributed by atoms with van der Waals surface area (Å²) in [6.07, 6.45) is 4.58. The second-order valence-electron chi connectivity index (χ2n) is 6.59. The van der Waals surface area contributed by atoms with E-state index >= 15 is 0 Å². The molecule has 0 saturated carbocycles. The standard InChI is InChI=1S/C17H22N2O/c1-17(2)9-10-19(12-17)16(20)8-7-13-11-18-15-6-4-3-5-14(13)15/h3-6,11,18H,7-10,12H2,1-2H3. The van der Waals surface area contributed by atoms with Crippen molar-refractivity contribution in [1.82, 2.24) is 9.88 Å². The largest absolute Gasteiger partial charge is 0.361 e. The van der Waals surface area contributed by atoms with Crippen LogP contribution in [0.3, 0.4) is 0 Å². The molecule has 1 aromatic heterocycles. The fourth-order valence-corrected chi connectivity index (χ4v) is 3.06. The van der Waals surface area contributed by atoms with Crippen LogP contribution in [0.15, 0.2) is 30.5 Å². The average Bonchev–Trinajstić information content (AvgIpc) is 2.99. The topological polar surface area (TPSA) is 36.1 Å². The Morgan fingerprint density at radius 2 is 2.15 bits per heavy atom. The van der Waals surface area contributed by atoms with Crippen molar-refractivity contribution < 1.29 is 4.79 Å².